The van der Waals surface area contributed by atoms with E-state index in [-0.39, 0.29) is 5.91 Å². The van der Waals surface area contributed by atoms with Crippen LogP contribution in [-0.2, 0) is 19.4 Å². The number of aromatic nitrogens is 4. The monoisotopic (exact) mass is 385 g/mol. The van der Waals surface area contributed by atoms with Crippen LogP contribution in [0.5, 0.6) is 0 Å². The van der Waals surface area contributed by atoms with Crippen molar-refractivity contribution >= 4 is 16.7 Å². The molecule has 2 aromatic carbocycles. The van der Waals surface area contributed by atoms with E-state index in [1.54, 1.807) is 0 Å². The third kappa shape index (κ3) is 3.10. The predicted octanol–water partition coefficient (Wildman–Crippen LogP) is 4.10. The van der Waals surface area contributed by atoms with Crippen LogP contribution in [0.4, 0.5) is 0 Å². The average Bonchev–Trinajstić information content (AvgIpc) is 3.40. The van der Waals surface area contributed by atoms with Crippen molar-refractivity contribution in [3.63, 3.8) is 0 Å². The van der Waals surface area contributed by atoms with Crippen molar-refractivity contribution in [1.82, 2.24) is 25.3 Å². The van der Waals surface area contributed by atoms with Gasteiger partial charge in [-0.2, -0.15) is 10.2 Å². The van der Waals surface area contributed by atoms with Gasteiger partial charge in [-0.05, 0) is 23.3 Å². The minimum atomic E-state index is -0.0284. The topological polar surface area (TPSA) is 77.7 Å². The van der Waals surface area contributed by atoms with E-state index in [1.165, 1.54) is 10.8 Å². The maximum Gasteiger partial charge on any atom is 0.274 e. The molecule has 0 atom stereocenters. The molecule has 2 N–H and O–H groups in total. The van der Waals surface area contributed by atoms with Gasteiger partial charge in [-0.1, -0.05) is 55.8 Å². The average molecular weight is 385 g/mol. The molecule has 2 aromatic heterocycles. The van der Waals surface area contributed by atoms with Crippen molar-refractivity contribution in [2.45, 2.75) is 32.7 Å². The van der Waals surface area contributed by atoms with Crippen LogP contribution < -0.4 is 0 Å². The first-order valence-corrected chi connectivity index (χ1v) is 10.1. The summed E-state index contributed by atoms with van der Waals surface area (Å²) in [6.45, 7) is 3.32. The second-order valence-electron chi connectivity index (χ2n) is 7.56. The van der Waals surface area contributed by atoms with Gasteiger partial charge in [-0.3, -0.25) is 15.0 Å². The molecule has 4 aromatic rings. The number of amides is 1. The zero-order valence-electron chi connectivity index (χ0n) is 16.4. The van der Waals surface area contributed by atoms with Crippen molar-refractivity contribution in [2.75, 3.05) is 6.54 Å². The largest absolute Gasteiger partial charge is 0.332 e. The molecule has 3 heterocycles. The SMILES string of the molecule is CCCc1cc(C(=O)N2CCc3[nH]nc(-c4cccc5ccccc45)c3C2)n[nH]1. The Balaban J connectivity index is 1.48. The molecule has 6 nitrogen and oxygen atoms in total. The van der Waals surface area contributed by atoms with E-state index in [9.17, 15) is 4.79 Å². The lowest BCUT2D eigenvalue weighted by atomic mass is 9.96. The van der Waals surface area contributed by atoms with Crippen LogP contribution in [0.2, 0.25) is 0 Å². The van der Waals surface area contributed by atoms with Crippen molar-refractivity contribution in [1.29, 1.82) is 0 Å². The van der Waals surface area contributed by atoms with Crippen LogP contribution in [0, 0.1) is 0 Å². The van der Waals surface area contributed by atoms with Gasteiger partial charge in [0.2, 0.25) is 0 Å². The summed E-state index contributed by atoms with van der Waals surface area (Å²) in [5, 5.41) is 17.4. The van der Waals surface area contributed by atoms with E-state index in [0.717, 1.165) is 47.5 Å². The van der Waals surface area contributed by atoms with E-state index in [4.69, 9.17) is 0 Å². The zero-order valence-corrected chi connectivity index (χ0v) is 16.4. The summed E-state index contributed by atoms with van der Waals surface area (Å²) in [4.78, 5) is 14.9. The number of benzene rings is 2. The standard InChI is InChI=1S/C23H23N5O/c1-2-6-16-13-21(26-24-16)23(29)28-12-11-20-19(14-28)22(27-25-20)18-10-5-8-15-7-3-4-9-17(15)18/h3-5,7-10,13H,2,6,11-12,14H2,1H3,(H,24,26)(H,25,27). The van der Waals surface area contributed by atoms with Crippen LogP contribution in [0.25, 0.3) is 22.0 Å². The minimum absolute atomic E-state index is 0.0284. The Labute approximate surface area is 168 Å². The molecule has 146 valence electrons. The van der Waals surface area contributed by atoms with E-state index < -0.39 is 0 Å². The van der Waals surface area contributed by atoms with Gasteiger partial charge in [0.15, 0.2) is 0 Å². The summed E-state index contributed by atoms with van der Waals surface area (Å²) in [7, 11) is 0. The minimum Gasteiger partial charge on any atom is -0.332 e. The van der Waals surface area contributed by atoms with Crippen LogP contribution in [0.1, 0.15) is 40.8 Å². The fourth-order valence-corrected chi connectivity index (χ4v) is 4.15. The summed E-state index contributed by atoms with van der Waals surface area (Å²) in [5.41, 5.74) is 5.75. The summed E-state index contributed by atoms with van der Waals surface area (Å²) >= 11 is 0. The molecule has 29 heavy (non-hydrogen) atoms. The number of hydrogen-bond donors (Lipinski definition) is 2. The number of fused-ring (bicyclic) bond motifs is 2. The van der Waals surface area contributed by atoms with Crippen molar-refractivity contribution in [3.05, 3.63) is 71.2 Å². The van der Waals surface area contributed by atoms with Gasteiger partial charge in [0, 0.05) is 35.5 Å². The van der Waals surface area contributed by atoms with Crippen molar-refractivity contribution in [2.24, 2.45) is 0 Å². The van der Waals surface area contributed by atoms with Crippen molar-refractivity contribution < 1.29 is 4.79 Å². The quantitative estimate of drug-likeness (QED) is 0.555. The van der Waals surface area contributed by atoms with Crippen LogP contribution in [-0.4, -0.2) is 37.7 Å². The maximum atomic E-state index is 13.0. The van der Waals surface area contributed by atoms with Gasteiger partial charge in [-0.15, -0.1) is 0 Å². The summed E-state index contributed by atoms with van der Waals surface area (Å²) in [6, 6.07) is 16.5. The third-order valence-electron chi connectivity index (χ3n) is 5.63. The molecule has 1 aliphatic heterocycles. The molecular weight excluding hydrogens is 362 g/mol. The van der Waals surface area contributed by atoms with Gasteiger partial charge in [0.25, 0.3) is 5.91 Å². The fraction of sp³-hybridized carbons (Fsp3) is 0.261. The molecule has 0 bridgehead atoms. The number of nitrogens with one attached hydrogen (secondary N) is 2. The molecule has 0 radical (unpaired) electrons. The molecule has 0 aliphatic carbocycles. The van der Waals surface area contributed by atoms with E-state index in [0.29, 0.717) is 18.8 Å². The van der Waals surface area contributed by atoms with Gasteiger partial charge < -0.3 is 4.90 Å². The lowest BCUT2D eigenvalue weighted by Crippen LogP contribution is -2.36. The third-order valence-corrected chi connectivity index (χ3v) is 5.63. The number of carbonyl (C=O) groups is 1. The number of carbonyl (C=O) groups excluding carboxylic acids is 1. The molecular formula is C23H23N5O. The Bertz CT molecular complexity index is 1180. The van der Waals surface area contributed by atoms with E-state index in [1.807, 2.05) is 23.1 Å². The Hall–Kier alpha value is -3.41. The Morgan fingerprint density at radius 1 is 1.10 bits per heavy atom. The summed E-state index contributed by atoms with van der Waals surface area (Å²) in [5.74, 6) is -0.0284. The smallest absolute Gasteiger partial charge is 0.274 e. The first-order valence-electron chi connectivity index (χ1n) is 10.1. The summed E-state index contributed by atoms with van der Waals surface area (Å²) in [6.07, 6.45) is 2.69. The second kappa shape index (κ2) is 7.20. The highest BCUT2D eigenvalue weighted by molar-refractivity contribution is 5.97. The zero-order chi connectivity index (χ0) is 19.8. The Morgan fingerprint density at radius 3 is 2.86 bits per heavy atom. The van der Waals surface area contributed by atoms with Gasteiger partial charge in [0.1, 0.15) is 5.69 Å². The number of nitrogens with zero attached hydrogens (tertiary/aromatic N) is 3. The molecule has 5 rings (SSSR count). The fourth-order valence-electron chi connectivity index (χ4n) is 4.15. The van der Waals surface area contributed by atoms with Crippen molar-refractivity contribution in [3.8, 4) is 11.3 Å². The number of aryl methyl sites for hydroxylation is 1. The number of H-pyrrole nitrogens is 2. The molecule has 0 saturated heterocycles. The van der Waals surface area contributed by atoms with E-state index in [2.05, 4.69) is 57.7 Å². The number of aromatic amines is 2. The molecule has 0 saturated carbocycles. The lowest BCUT2D eigenvalue weighted by Gasteiger charge is -2.26. The Kier molecular flexibility index (Phi) is 4.39. The van der Waals surface area contributed by atoms with Gasteiger partial charge >= 0.3 is 0 Å². The molecule has 0 unspecified atom stereocenters. The molecule has 1 amide bonds. The molecule has 1 aliphatic rings. The number of rotatable bonds is 4. The lowest BCUT2D eigenvalue weighted by molar-refractivity contribution is 0.0728. The van der Waals surface area contributed by atoms with Gasteiger partial charge in [0.05, 0.1) is 12.2 Å². The van der Waals surface area contributed by atoms with Crippen LogP contribution in [0.3, 0.4) is 0 Å². The highest BCUT2D eigenvalue weighted by Crippen LogP contribution is 2.33. The Morgan fingerprint density at radius 2 is 1.97 bits per heavy atom. The molecule has 6 heteroatoms. The molecule has 0 fully saturated rings. The maximum absolute atomic E-state index is 13.0. The number of hydrogen-bond acceptors (Lipinski definition) is 3. The molecule has 0 spiro atoms. The highest BCUT2D eigenvalue weighted by atomic mass is 16.2. The first-order chi connectivity index (χ1) is 14.2. The second-order valence-corrected chi connectivity index (χ2v) is 7.56. The first kappa shape index (κ1) is 17.7. The van der Waals surface area contributed by atoms with Crippen LogP contribution >= 0.6 is 0 Å². The predicted molar refractivity (Wildman–Crippen MR) is 113 cm³/mol. The highest BCUT2D eigenvalue weighted by Gasteiger charge is 2.28. The normalized spacial score (nSPS) is 13.6. The van der Waals surface area contributed by atoms with Crippen LogP contribution in [0.15, 0.2) is 48.5 Å². The van der Waals surface area contributed by atoms with E-state index >= 15 is 0 Å². The summed E-state index contributed by atoms with van der Waals surface area (Å²) < 4.78 is 0. The van der Waals surface area contributed by atoms with Gasteiger partial charge in [-0.25, -0.2) is 0 Å².